The summed E-state index contributed by atoms with van der Waals surface area (Å²) in [6.45, 7) is 2.24. The Labute approximate surface area is 248 Å². The number of carbonyl (C=O) groups excluding carboxylic acids is 3. The summed E-state index contributed by atoms with van der Waals surface area (Å²) in [6, 6.07) is 14.0. The van der Waals surface area contributed by atoms with Crippen LogP contribution >= 0.6 is 23.2 Å². The predicted octanol–water partition coefficient (Wildman–Crippen LogP) is 4.86. The molecule has 2 aliphatic rings. The fraction of sp³-hybridized carbons (Fsp3) is 0.333. The molecule has 1 unspecified atom stereocenters. The fourth-order valence-electron chi connectivity index (χ4n) is 5.16. The van der Waals surface area contributed by atoms with Crippen molar-refractivity contribution in [2.45, 2.75) is 18.9 Å². The second-order valence-corrected chi connectivity index (χ2v) is 10.9. The minimum absolute atomic E-state index is 0.164. The molecule has 1 fully saturated rings. The Kier molecular flexibility index (Phi) is 8.77. The van der Waals surface area contributed by atoms with Crippen molar-refractivity contribution in [1.29, 1.82) is 0 Å². The molecule has 0 N–H and O–H groups in total. The zero-order valence-electron chi connectivity index (χ0n) is 22.8. The maximum absolute atomic E-state index is 13.7. The molecule has 1 atom stereocenters. The van der Waals surface area contributed by atoms with Crippen molar-refractivity contribution < 1.29 is 23.9 Å². The van der Waals surface area contributed by atoms with E-state index in [2.05, 4.69) is 9.88 Å². The van der Waals surface area contributed by atoms with E-state index in [1.54, 1.807) is 42.4 Å². The highest BCUT2D eigenvalue weighted by atomic mass is 35.5. The zero-order chi connectivity index (χ0) is 29.1. The summed E-state index contributed by atoms with van der Waals surface area (Å²) >= 11 is 12.4. The Morgan fingerprint density at radius 2 is 1.78 bits per heavy atom. The minimum atomic E-state index is -0.428. The molecule has 41 heavy (non-hydrogen) atoms. The summed E-state index contributed by atoms with van der Waals surface area (Å²) in [5.41, 5.74) is 3.26. The van der Waals surface area contributed by atoms with Gasteiger partial charge in [-0.05, 0) is 49.7 Å². The number of hydrogen-bond acceptors (Lipinski definition) is 7. The molecule has 5 rings (SSSR count). The molecule has 0 radical (unpaired) electrons. The van der Waals surface area contributed by atoms with Crippen molar-refractivity contribution in [1.82, 2.24) is 14.8 Å². The van der Waals surface area contributed by atoms with Crippen LogP contribution < -0.4 is 9.64 Å². The third kappa shape index (κ3) is 6.32. The molecule has 0 aliphatic carbocycles. The number of anilines is 1. The zero-order valence-corrected chi connectivity index (χ0v) is 24.3. The summed E-state index contributed by atoms with van der Waals surface area (Å²) in [5, 5.41) is 0.581. The van der Waals surface area contributed by atoms with Gasteiger partial charge in [0.1, 0.15) is 12.3 Å². The van der Waals surface area contributed by atoms with Gasteiger partial charge in [-0.25, -0.2) is 4.79 Å². The number of fused-ring (bicyclic) bond motifs is 1. The highest BCUT2D eigenvalue weighted by Gasteiger charge is 2.32. The first-order valence-electron chi connectivity index (χ1n) is 13.3. The summed E-state index contributed by atoms with van der Waals surface area (Å²) in [4.78, 5) is 48.3. The van der Waals surface area contributed by atoms with E-state index in [9.17, 15) is 14.4 Å². The number of amides is 2. The Bertz CT molecular complexity index is 1460. The van der Waals surface area contributed by atoms with Gasteiger partial charge in [0.2, 0.25) is 5.91 Å². The summed E-state index contributed by atoms with van der Waals surface area (Å²) < 4.78 is 10.4. The van der Waals surface area contributed by atoms with Crippen LogP contribution in [-0.2, 0) is 14.3 Å². The maximum Gasteiger partial charge on any atom is 0.337 e. The van der Waals surface area contributed by atoms with Gasteiger partial charge < -0.3 is 19.3 Å². The summed E-state index contributed by atoms with van der Waals surface area (Å²) in [5.74, 6) is -0.580. The number of rotatable bonds is 8. The van der Waals surface area contributed by atoms with Crippen molar-refractivity contribution in [2.24, 2.45) is 0 Å². The topological polar surface area (TPSA) is 92.3 Å². The number of methoxy groups -OCH3 is 1. The van der Waals surface area contributed by atoms with Gasteiger partial charge in [0.05, 0.1) is 40.1 Å². The van der Waals surface area contributed by atoms with Crippen LogP contribution in [0.2, 0.25) is 10.0 Å². The van der Waals surface area contributed by atoms with Crippen LogP contribution in [0.5, 0.6) is 5.75 Å². The van der Waals surface area contributed by atoms with Crippen molar-refractivity contribution >= 4 is 46.7 Å². The van der Waals surface area contributed by atoms with Gasteiger partial charge in [0.25, 0.3) is 5.91 Å². The van der Waals surface area contributed by atoms with E-state index in [1.807, 2.05) is 24.3 Å². The third-order valence-corrected chi connectivity index (χ3v) is 8.22. The number of likely N-dealkylation sites (N-methyl/N-ethyl adjacent to an activating group) is 1. The number of ether oxygens (including phenoxy) is 2. The van der Waals surface area contributed by atoms with Gasteiger partial charge in [0.15, 0.2) is 6.61 Å². The molecule has 0 spiro atoms. The van der Waals surface area contributed by atoms with E-state index in [0.29, 0.717) is 34.3 Å². The number of esters is 1. The van der Waals surface area contributed by atoms with E-state index < -0.39 is 5.97 Å². The van der Waals surface area contributed by atoms with Crippen LogP contribution in [0.15, 0.2) is 54.7 Å². The number of nitrogens with zero attached hydrogens (tertiary/aromatic N) is 4. The van der Waals surface area contributed by atoms with Gasteiger partial charge >= 0.3 is 5.97 Å². The molecule has 3 heterocycles. The number of carbonyl (C=O) groups is 3. The first-order chi connectivity index (χ1) is 19.7. The number of likely N-dealkylation sites (tertiary alicyclic amines) is 1. The van der Waals surface area contributed by atoms with E-state index in [4.69, 9.17) is 32.7 Å². The van der Waals surface area contributed by atoms with Crippen LogP contribution in [0.1, 0.15) is 34.8 Å². The van der Waals surface area contributed by atoms with Crippen molar-refractivity contribution in [3.05, 3.63) is 75.9 Å². The highest BCUT2D eigenvalue weighted by Crippen LogP contribution is 2.39. The van der Waals surface area contributed by atoms with Gasteiger partial charge in [-0.1, -0.05) is 47.5 Å². The van der Waals surface area contributed by atoms with Gasteiger partial charge in [-0.2, -0.15) is 0 Å². The number of halogens is 2. The molecule has 1 aromatic heterocycles. The number of benzene rings is 2. The van der Waals surface area contributed by atoms with Crippen molar-refractivity contribution in [2.75, 3.05) is 51.8 Å². The SMILES string of the molecule is COC(=O)c1ccnc(-c2ccc(C(CN3CCCC3)N(C)C(=O)CN3C(=O)COc4cc(Cl)c(Cl)cc43)cc2)c1. The normalized spacial score (nSPS) is 15.7. The van der Waals surface area contributed by atoms with Crippen molar-refractivity contribution in [3.8, 4) is 17.0 Å². The lowest BCUT2D eigenvalue weighted by atomic mass is 10.0. The van der Waals surface area contributed by atoms with Crippen LogP contribution in [0.3, 0.4) is 0 Å². The Balaban J connectivity index is 1.39. The molecule has 0 saturated carbocycles. The second-order valence-electron chi connectivity index (χ2n) is 10.1. The largest absolute Gasteiger partial charge is 0.482 e. The quantitative estimate of drug-likeness (QED) is 0.343. The van der Waals surface area contributed by atoms with Crippen LogP contribution in [0.4, 0.5) is 5.69 Å². The molecule has 2 aliphatic heterocycles. The Morgan fingerprint density at radius 3 is 2.49 bits per heavy atom. The lowest BCUT2D eigenvalue weighted by Crippen LogP contribution is -2.47. The van der Waals surface area contributed by atoms with Gasteiger partial charge in [0, 0.05) is 31.4 Å². The van der Waals surface area contributed by atoms with E-state index in [-0.39, 0.29) is 36.0 Å². The van der Waals surface area contributed by atoms with Gasteiger partial charge in [-0.15, -0.1) is 0 Å². The van der Waals surface area contributed by atoms with E-state index >= 15 is 0 Å². The number of hydrogen-bond donors (Lipinski definition) is 0. The van der Waals surface area contributed by atoms with E-state index in [1.165, 1.54) is 12.0 Å². The molecule has 2 aromatic carbocycles. The molecule has 1 saturated heterocycles. The predicted molar refractivity (Wildman–Crippen MR) is 157 cm³/mol. The summed E-state index contributed by atoms with van der Waals surface area (Å²) in [7, 11) is 3.10. The molecule has 11 heteroatoms. The molecule has 3 aromatic rings. The molecule has 2 amide bonds. The first-order valence-corrected chi connectivity index (χ1v) is 14.1. The van der Waals surface area contributed by atoms with Crippen LogP contribution in [0, 0.1) is 0 Å². The van der Waals surface area contributed by atoms with E-state index in [0.717, 1.165) is 37.1 Å². The summed E-state index contributed by atoms with van der Waals surface area (Å²) in [6.07, 6.45) is 3.81. The van der Waals surface area contributed by atoms with Crippen LogP contribution in [-0.4, -0.2) is 79.5 Å². The monoisotopic (exact) mass is 596 g/mol. The average molecular weight is 597 g/mol. The maximum atomic E-state index is 13.7. The third-order valence-electron chi connectivity index (χ3n) is 7.50. The Morgan fingerprint density at radius 1 is 1.07 bits per heavy atom. The molecular formula is C30H30Cl2N4O5. The Hall–Kier alpha value is -3.66. The standard InChI is InChI=1S/C30H30Cl2N4O5/c1-34(28(37)17-36-25-14-22(31)23(32)15-27(25)41-18-29(36)38)26(16-35-11-3-4-12-35)20-7-5-19(6-8-20)24-13-21(9-10-33-24)30(39)40-2/h5-10,13-15,26H,3-4,11-12,16-18H2,1-2H3. The molecule has 0 bridgehead atoms. The average Bonchev–Trinajstić information content (AvgIpc) is 3.51. The molecular weight excluding hydrogens is 567 g/mol. The first kappa shape index (κ1) is 28.9. The smallest absolute Gasteiger partial charge is 0.337 e. The van der Waals surface area contributed by atoms with Gasteiger partial charge in [-0.3, -0.25) is 19.5 Å². The lowest BCUT2D eigenvalue weighted by Gasteiger charge is -2.35. The second kappa shape index (κ2) is 12.5. The number of pyridine rings is 1. The number of aromatic nitrogens is 1. The lowest BCUT2D eigenvalue weighted by molar-refractivity contribution is -0.133. The molecule has 9 nitrogen and oxygen atoms in total. The van der Waals surface area contributed by atoms with Crippen molar-refractivity contribution in [3.63, 3.8) is 0 Å². The van der Waals surface area contributed by atoms with Crippen LogP contribution in [0.25, 0.3) is 11.3 Å². The molecule has 214 valence electrons. The fourth-order valence-corrected chi connectivity index (χ4v) is 5.47. The minimum Gasteiger partial charge on any atom is -0.482 e. The highest BCUT2D eigenvalue weighted by molar-refractivity contribution is 6.42.